The third kappa shape index (κ3) is 4.90. The van der Waals surface area contributed by atoms with Crippen LogP contribution in [0.15, 0.2) is 35.3 Å². The fourth-order valence-corrected chi connectivity index (χ4v) is 4.50. The normalized spacial score (nSPS) is 20.9. The summed E-state index contributed by atoms with van der Waals surface area (Å²) < 4.78 is 13.5. The van der Waals surface area contributed by atoms with Gasteiger partial charge in [-0.3, -0.25) is 4.57 Å². The Kier molecular flexibility index (Phi) is 6.74. The maximum Gasteiger partial charge on any atom is 0.349 e. The number of ether oxygens (including phenoxy) is 2. The van der Waals surface area contributed by atoms with Gasteiger partial charge in [0.2, 0.25) is 5.88 Å². The number of pyridine rings is 2. The Balaban J connectivity index is 1.59. The molecule has 4 rings (SSSR count). The number of anilines is 1. The molecule has 2 unspecified atom stereocenters. The molecule has 33 heavy (non-hydrogen) atoms. The number of nitrogens with zero attached hydrogens (tertiary/aromatic N) is 5. The summed E-state index contributed by atoms with van der Waals surface area (Å²) in [6, 6.07) is 7.32. The fraction of sp³-hybridized carbons (Fsp3) is 0.500. The van der Waals surface area contributed by atoms with Gasteiger partial charge in [-0.2, -0.15) is 4.98 Å². The second-order valence-electron chi connectivity index (χ2n) is 8.84. The lowest BCUT2D eigenvalue weighted by atomic mass is 9.88. The van der Waals surface area contributed by atoms with Crippen molar-refractivity contribution in [2.24, 2.45) is 13.0 Å². The van der Waals surface area contributed by atoms with Crippen molar-refractivity contribution in [1.29, 1.82) is 0 Å². The van der Waals surface area contributed by atoms with Gasteiger partial charge in [-0.05, 0) is 45.4 Å². The standard InChI is InChI=1S/C24H30ClN5O3/c1-6-16-13-30(23-22-18(8-9-20(25)27-22)29(5)24(31)28-23)15(4)11-19(16)33-21-10-7-17(12-26-21)32-14(2)3/h7-10,12,14-16,19H,6,11,13H2,1-5H3/t15?,16-,19?/m1/s1. The Labute approximate surface area is 198 Å². The minimum atomic E-state index is -0.312. The lowest BCUT2D eigenvalue weighted by Gasteiger charge is -2.43. The number of rotatable bonds is 6. The van der Waals surface area contributed by atoms with Crippen molar-refractivity contribution in [3.63, 3.8) is 0 Å². The Morgan fingerprint density at radius 3 is 2.67 bits per heavy atom. The molecular weight excluding hydrogens is 442 g/mol. The molecule has 0 saturated carbocycles. The van der Waals surface area contributed by atoms with Crippen molar-refractivity contribution in [3.8, 4) is 11.6 Å². The zero-order chi connectivity index (χ0) is 23.7. The van der Waals surface area contributed by atoms with E-state index >= 15 is 0 Å². The molecule has 0 spiro atoms. The summed E-state index contributed by atoms with van der Waals surface area (Å²) in [7, 11) is 1.69. The first kappa shape index (κ1) is 23.3. The molecule has 0 amide bonds. The number of halogens is 1. The quantitative estimate of drug-likeness (QED) is 0.497. The van der Waals surface area contributed by atoms with Crippen molar-refractivity contribution in [1.82, 2.24) is 19.5 Å². The summed E-state index contributed by atoms with van der Waals surface area (Å²) in [5.74, 6) is 2.12. The second-order valence-corrected chi connectivity index (χ2v) is 9.23. The summed E-state index contributed by atoms with van der Waals surface area (Å²) in [5.41, 5.74) is 1.03. The van der Waals surface area contributed by atoms with Crippen LogP contribution in [-0.4, -0.2) is 44.3 Å². The van der Waals surface area contributed by atoms with Gasteiger partial charge in [-0.25, -0.2) is 14.8 Å². The number of fused-ring (bicyclic) bond motifs is 1. The minimum Gasteiger partial charge on any atom is -0.489 e. The molecule has 8 nitrogen and oxygen atoms in total. The Bertz CT molecular complexity index is 1180. The van der Waals surface area contributed by atoms with Gasteiger partial charge >= 0.3 is 5.69 Å². The van der Waals surface area contributed by atoms with Crippen LogP contribution in [0, 0.1) is 5.92 Å². The summed E-state index contributed by atoms with van der Waals surface area (Å²) in [6.07, 6.45) is 3.47. The Hall–Kier alpha value is -2.87. The molecule has 1 aliphatic rings. The SMILES string of the molecule is CC[C@@H]1CN(c2nc(=O)n(C)c3ccc(Cl)nc23)C(C)CC1Oc1ccc(OC(C)C)cn1. The highest BCUT2D eigenvalue weighted by molar-refractivity contribution is 6.29. The van der Waals surface area contributed by atoms with Gasteiger partial charge in [0.05, 0.1) is 17.8 Å². The van der Waals surface area contributed by atoms with Crippen molar-refractivity contribution in [3.05, 3.63) is 46.1 Å². The molecule has 0 N–H and O–H groups in total. The average Bonchev–Trinajstić information content (AvgIpc) is 2.77. The maximum absolute atomic E-state index is 12.6. The van der Waals surface area contributed by atoms with Crippen LogP contribution in [-0.2, 0) is 7.05 Å². The van der Waals surface area contributed by atoms with Gasteiger partial charge in [0.25, 0.3) is 0 Å². The van der Waals surface area contributed by atoms with Crippen molar-refractivity contribution < 1.29 is 9.47 Å². The first-order valence-electron chi connectivity index (χ1n) is 11.4. The smallest absolute Gasteiger partial charge is 0.349 e. The van der Waals surface area contributed by atoms with Crippen LogP contribution >= 0.6 is 11.6 Å². The topological polar surface area (TPSA) is 82.4 Å². The van der Waals surface area contributed by atoms with E-state index in [1.807, 2.05) is 32.0 Å². The molecule has 0 aromatic carbocycles. The molecule has 9 heteroatoms. The fourth-order valence-electron chi connectivity index (χ4n) is 4.36. The van der Waals surface area contributed by atoms with E-state index in [1.165, 1.54) is 4.57 Å². The number of aromatic nitrogens is 4. The minimum absolute atomic E-state index is 0.0000243. The number of aryl methyl sites for hydroxylation is 1. The highest BCUT2D eigenvalue weighted by Gasteiger charge is 2.36. The lowest BCUT2D eigenvalue weighted by molar-refractivity contribution is 0.0908. The molecular formula is C24H30ClN5O3. The van der Waals surface area contributed by atoms with Crippen LogP contribution in [0.1, 0.15) is 40.5 Å². The third-order valence-corrected chi connectivity index (χ3v) is 6.32. The summed E-state index contributed by atoms with van der Waals surface area (Å²) >= 11 is 6.19. The summed E-state index contributed by atoms with van der Waals surface area (Å²) in [4.78, 5) is 28.0. The van der Waals surface area contributed by atoms with Crippen LogP contribution in [0.25, 0.3) is 11.0 Å². The van der Waals surface area contributed by atoms with E-state index in [9.17, 15) is 4.79 Å². The van der Waals surface area contributed by atoms with Gasteiger partial charge in [-0.15, -0.1) is 0 Å². The number of hydrogen-bond donors (Lipinski definition) is 0. The Morgan fingerprint density at radius 1 is 1.21 bits per heavy atom. The number of piperidine rings is 1. The van der Waals surface area contributed by atoms with Gasteiger partial charge < -0.3 is 14.4 Å². The third-order valence-electron chi connectivity index (χ3n) is 6.11. The van der Waals surface area contributed by atoms with Crippen molar-refractivity contribution in [2.75, 3.05) is 11.4 Å². The van der Waals surface area contributed by atoms with E-state index < -0.39 is 0 Å². The zero-order valence-corrected chi connectivity index (χ0v) is 20.4. The van der Waals surface area contributed by atoms with Gasteiger partial charge in [0.1, 0.15) is 22.5 Å². The van der Waals surface area contributed by atoms with Crippen molar-refractivity contribution >= 4 is 28.5 Å². The van der Waals surface area contributed by atoms with Gasteiger partial charge in [0.15, 0.2) is 5.82 Å². The van der Waals surface area contributed by atoms with E-state index in [2.05, 4.69) is 33.7 Å². The summed E-state index contributed by atoms with van der Waals surface area (Å²) in [5, 5.41) is 0.373. The molecule has 3 atom stereocenters. The van der Waals surface area contributed by atoms with E-state index in [0.717, 1.165) is 18.6 Å². The second kappa shape index (κ2) is 9.55. The first-order chi connectivity index (χ1) is 15.8. The molecule has 3 aromatic heterocycles. The van der Waals surface area contributed by atoms with Crippen LogP contribution in [0.4, 0.5) is 5.82 Å². The molecule has 176 valence electrons. The molecule has 1 saturated heterocycles. The first-order valence-corrected chi connectivity index (χ1v) is 11.7. The van der Waals surface area contributed by atoms with E-state index in [1.54, 1.807) is 19.3 Å². The van der Waals surface area contributed by atoms with Crippen molar-refractivity contribution in [2.45, 2.75) is 58.8 Å². The molecule has 0 aliphatic carbocycles. The van der Waals surface area contributed by atoms with Crippen LogP contribution < -0.4 is 20.1 Å². The maximum atomic E-state index is 12.6. The molecule has 4 heterocycles. The largest absolute Gasteiger partial charge is 0.489 e. The lowest BCUT2D eigenvalue weighted by Crippen LogP contribution is -2.51. The zero-order valence-electron chi connectivity index (χ0n) is 19.7. The monoisotopic (exact) mass is 471 g/mol. The van der Waals surface area contributed by atoms with Crippen LogP contribution in [0.3, 0.4) is 0 Å². The van der Waals surface area contributed by atoms with E-state index in [0.29, 0.717) is 34.4 Å². The highest BCUT2D eigenvalue weighted by atomic mass is 35.5. The van der Waals surface area contributed by atoms with Crippen LogP contribution in [0.2, 0.25) is 5.15 Å². The summed E-state index contributed by atoms with van der Waals surface area (Å²) in [6.45, 7) is 8.92. The number of hydrogen-bond acceptors (Lipinski definition) is 7. The predicted octanol–water partition coefficient (Wildman–Crippen LogP) is 4.24. The predicted molar refractivity (Wildman–Crippen MR) is 129 cm³/mol. The van der Waals surface area contributed by atoms with Gasteiger partial charge in [-0.1, -0.05) is 18.5 Å². The molecule has 0 radical (unpaired) electrons. The molecule has 0 bridgehead atoms. The average molecular weight is 472 g/mol. The van der Waals surface area contributed by atoms with E-state index in [4.69, 9.17) is 21.1 Å². The highest BCUT2D eigenvalue weighted by Crippen LogP contribution is 2.33. The molecule has 3 aromatic rings. The van der Waals surface area contributed by atoms with E-state index in [-0.39, 0.29) is 29.9 Å². The Morgan fingerprint density at radius 2 is 2.00 bits per heavy atom. The molecule has 1 aliphatic heterocycles. The van der Waals surface area contributed by atoms with Gasteiger partial charge in [0, 0.05) is 38.0 Å². The van der Waals surface area contributed by atoms with Crippen LogP contribution in [0.5, 0.6) is 11.6 Å². The molecule has 1 fully saturated rings.